The van der Waals surface area contributed by atoms with Crippen LogP contribution in [0.4, 0.5) is 0 Å². The second kappa shape index (κ2) is 10.0. The van der Waals surface area contributed by atoms with Crippen molar-refractivity contribution in [1.29, 1.82) is 0 Å². The van der Waals surface area contributed by atoms with Gasteiger partial charge in [0.25, 0.3) is 0 Å². The minimum absolute atomic E-state index is 0.0972. The summed E-state index contributed by atoms with van der Waals surface area (Å²) in [6.45, 7) is 6.99. The van der Waals surface area contributed by atoms with E-state index in [-0.39, 0.29) is 6.61 Å². The van der Waals surface area contributed by atoms with Gasteiger partial charge in [-0.2, -0.15) is 0 Å². The standard InChI is InChI=1S/2C6H14O2/c1-5(7)4-6(2,3)8;1-2-3-4-6(8)5-7/h5,7-8H,4H2,1-3H3;6-8H,2-5H2,1H3. The zero-order valence-corrected chi connectivity index (χ0v) is 11.0. The molecule has 0 saturated carbocycles. The topological polar surface area (TPSA) is 80.9 Å². The maximum Gasteiger partial charge on any atom is 0.0770 e. The van der Waals surface area contributed by atoms with E-state index in [0.717, 1.165) is 19.3 Å². The van der Waals surface area contributed by atoms with Crippen molar-refractivity contribution in [3.63, 3.8) is 0 Å². The first-order chi connectivity index (χ1) is 7.22. The highest BCUT2D eigenvalue weighted by Crippen LogP contribution is 2.09. The summed E-state index contributed by atoms with van der Waals surface area (Å²) in [5.41, 5.74) is -0.728. The monoisotopic (exact) mass is 236 g/mol. The van der Waals surface area contributed by atoms with Crippen LogP contribution in [0.1, 0.15) is 53.4 Å². The molecule has 0 aromatic heterocycles. The van der Waals surface area contributed by atoms with E-state index in [1.54, 1.807) is 20.8 Å². The second-order valence-corrected chi connectivity index (χ2v) is 4.84. The van der Waals surface area contributed by atoms with Crippen LogP contribution in [0.2, 0.25) is 0 Å². The van der Waals surface area contributed by atoms with Crippen LogP contribution in [-0.2, 0) is 0 Å². The van der Waals surface area contributed by atoms with Crippen molar-refractivity contribution < 1.29 is 20.4 Å². The zero-order valence-electron chi connectivity index (χ0n) is 11.0. The summed E-state index contributed by atoms with van der Waals surface area (Å²) in [6.07, 6.45) is 2.35. The third-order valence-electron chi connectivity index (χ3n) is 1.90. The molecule has 0 heterocycles. The summed E-state index contributed by atoms with van der Waals surface area (Å²) >= 11 is 0. The van der Waals surface area contributed by atoms with Gasteiger partial charge in [-0.05, 0) is 27.2 Å². The molecular formula is C12H28O4. The highest BCUT2D eigenvalue weighted by atomic mass is 16.3. The lowest BCUT2D eigenvalue weighted by Gasteiger charge is -2.17. The average molecular weight is 236 g/mol. The van der Waals surface area contributed by atoms with Crippen LogP contribution in [0.3, 0.4) is 0 Å². The van der Waals surface area contributed by atoms with Crippen LogP contribution in [0.5, 0.6) is 0 Å². The third-order valence-corrected chi connectivity index (χ3v) is 1.90. The summed E-state index contributed by atoms with van der Waals surface area (Å²) in [7, 11) is 0. The maximum absolute atomic E-state index is 9.03. The van der Waals surface area contributed by atoms with Crippen LogP contribution in [0.25, 0.3) is 0 Å². The zero-order chi connectivity index (χ0) is 13.2. The molecule has 0 amide bonds. The highest BCUT2D eigenvalue weighted by molar-refractivity contribution is 4.67. The van der Waals surface area contributed by atoms with Crippen molar-refractivity contribution in [2.24, 2.45) is 0 Å². The summed E-state index contributed by atoms with van der Waals surface area (Å²) in [6, 6.07) is 0. The Bertz CT molecular complexity index is 140. The lowest BCUT2D eigenvalue weighted by Crippen LogP contribution is -2.24. The van der Waals surface area contributed by atoms with Gasteiger partial charge in [0, 0.05) is 6.42 Å². The lowest BCUT2D eigenvalue weighted by molar-refractivity contribution is 0.0249. The Balaban J connectivity index is 0. The molecule has 4 nitrogen and oxygen atoms in total. The van der Waals surface area contributed by atoms with Gasteiger partial charge in [-0.1, -0.05) is 19.8 Å². The van der Waals surface area contributed by atoms with E-state index < -0.39 is 17.8 Å². The van der Waals surface area contributed by atoms with Gasteiger partial charge in [-0.15, -0.1) is 0 Å². The molecule has 0 fully saturated rings. The van der Waals surface area contributed by atoms with E-state index in [1.807, 2.05) is 0 Å². The minimum Gasteiger partial charge on any atom is -0.394 e. The molecule has 2 unspecified atom stereocenters. The molecule has 100 valence electrons. The molecule has 0 rings (SSSR count). The fraction of sp³-hybridized carbons (Fsp3) is 1.00. The Kier molecular flexibility index (Phi) is 11.4. The quantitative estimate of drug-likeness (QED) is 0.556. The molecule has 2 atom stereocenters. The number of unbranched alkanes of at least 4 members (excludes halogenated alkanes) is 1. The smallest absolute Gasteiger partial charge is 0.0770 e. The van der Waals surface area contributed by atoms with Crippen molar-refractivity contribution in [3.05, 3.63) is 0 Å². The molecule has 0 radical (unpaired) electrons. The molecule has 0 aromatic rings. The molecule has 0 aromatic carbocycles. The van der Waals surface area contributed by atoms with Crippen molar-refractivity contribution in [2.45, 2.75) is 71.2 Å². The Hall–Kier alpha value is -0.160. The normalized spacial score (nSPS) is 15.0. The first kappa shape index (κ1) is 18.2. The fourth-order valence-corrected chi connectivity index (χ4v) is 1.25. The summed E-state index contributed by atoms with van der Waals surface area (Å²) in [4.78, 5) is 0. The van der Waals surface area contributed by atoms with Crippen LogP contribution >= 0.6 is 0 Å². The number of hydrogen-bond acceptors (Lipinski definition) is 4. The van der Waals surface area contributed by atoms with E-state index in [4.69, 9.17) is 20.4 Å². The van der Waals surface area contributed by atoms with E-state index in [1.165, 1.54) is 0 Å². The highest BCUT2D eigenvalue weighted by Gasteiger charge is 2.14. The van der Waals surface area contributed by atoms with E-state index in [9.17, 15) is 0 Å². The number of aliphatic hydroxyl groups is 4. The molecule has 4 N–H and O–H groups in total. The minimum atomic E-state index is -0.728. The molecule has 0 aliphatic rings. The van der Waals surface area contributed by atoms with Crippen LogP contribution in [0, 0.1) is 0 Å². The summed E-state index contributed by atoms with van der Waals surface area (Å²) < 4.78 is 0. The summed E-state index contributed by atoms with van der Waals surface area (Å²) in [5.74, 6) is 0. The van der Waals surface area contributed by atoms with Gasteiger partial charge in [-0.25, -0.2) is 0 Å². The molecule has 0 saturated heterocycles. The number of rotatable bonds is 6. The Morgan fingerprint density at radius 2 is 1.69 bits per heavy atom. The van der Waals surface area contributed by atoms with E-state index in [2.05, 4.69) is 6.92 Å². The molecule has 16 heavy (non-hydrogen) atoms. The van der Waals surface area contributed by atoms with Gasteiger partial charge < -0.3 is 20.4 Å². The third kappa shape index (κ3) is 19.4. The predicted octanol–water partition coefficient (Wildman–Crippen LogP) is 1.06. The second-order valence-electron chi connectivity index (χ2n) is 4.84. The number of aliphatic hydroxyl groups excluding tert-OH is 3. The van der Waals surface area contributed by atoms with Gasteiger partial charge in [0.1, 0.15) is 0 Å². The molecule has 4 heteroatoms. The lowest BCUT2D eigenvalue weighted by atomic mass is 10.0. The first-order valence-corrected chi connectivity index (χ1v) is 5.92. The molecular weight excluding hydrogens is 208 g/mol. The van der Waals surface area contributed by atoms with Crippen LogP contribution in [0.15, 0.2) is 0 Å². The van der Waals surface area contributed by atoms with Gasteiger partial charge in [0.15, 0.2) is 0 Å². The Morgan fingerprint density at radius 1 is 1.19 bits per heavy atom. The maximum atomic E-state index is 9.03. The average Bonchev–Trinajstić information content (AvgIpc) is 2.11. The van der Waals surface area contributed by atoms with Gasteiger partial charge >= 0.3 is 0 Å². The van der Waals surface area contributed by atoms with Gasteiger partial charge in [0.2, 0.25) is 0 Å². The molecule has 0 spiro atoms. The van der Waals surface area contributed by atoms with Crippen molar-refractivity contribution in [1.82, 2.24) is 0 Å². The SMILES string of the molecule is CC(O)CC(C)(C)O.CCCCC(O)CO. The fourth-order valence-electron chi connectivity index (χ4n) is 1.25. The van der Waals surface area contributed by atoms with E-state index in [0.29, 0.717) is 6.42 Å². The largest absolute Gasteiger partial charge is 0.394 e. The van der Waals surface area contributed by atoms with Gasteiger partial charge in [0.05, 0.1) is 24.4 Å². The van der Waals surface area contributed by atoms with Crippen molar-refractivity contribution >= 4 is 0 Å². The first-order valence-electron chi connectivity index (χ1n) is 5.92. The van der Waals surface area contributed by atoms with Crippen LogP contribution < -0.4 is 0 Å². The molecule has 0 aliphatic carbocycles. The molecule has 0 bridgehead atoms. The predicted molar refractivity (Wildman–Crippen MR) is 65.2 cm³/mol. The van der Waals surface area contributed by atoms with Crippen molar-refractivity contribution in [2.75, 3.05) is 6.61 Å². The van der Waals surface area contributed by atoms with E-state index >= 15 is 0 Å². The summed E-state index contributed by atoms with van der Waals surface area (Å²) in [5, 5.41) is 34.8. The van der Waals surface area contributed by atoms with Gasteiger partial charge in [-0.3, -0.25) is 0 Å². The van der Waals surface area contributed by atoms with Crippen molar-refractivity contribution in [3.8, 4) is 0 Å². The van der Waals surface area contributed by atoms with Crippen LogP contribution in [-0.4, -0.2) is 44.8 Å². The number of hydrogen-bond donors (Lipinski definition) is 4. The molecule has 0 aliphatic heterocycles. The Morgan fingerprint density at radius 3 is 1.88 bits per heavy atom. The Labute approximate surface area is 98.9 Å².